The Hall–Kier alpha value is -1.10. The quantitative estimate of drug-likeness (QED) is 0.585. The first-order valence-electron chi connectivity index (χ1n) is 4.67. The molecular weight excluding hydrogens is 186 g/mol. The van der Waals surface area contributed by atoms with Gasteiger partial charge in [-0.05, 0) is 13.8 Å². The zero-order chi connectivity index (χ0) is 11.0. The van der Waals surface area contributed by atoms with Crippen molar-refractivity contribution in [3.8, 4) is 0 Å². The second-order valence-corrected chi connectivity index (χ2v) is 3.01. The topological polar surface area (TPSA) is 75.6 Å². The molecule has 0 aliphatic heterocycles. The minimum Gasteiger partial charge on any atom is -0.481 e. The lowest BCUT2D eigenvalue weighted by atomic mass is 10.2. The molecule has 0 radical (unpaired) electrons. The number of carbonyl (C=O) groups is 2. The van der Waals surface area contributed by atoms with E-state index in [-0.39, 0.29) is 24.9 Å². The third-order valence-electron chi connectivity index (χ3n) is 1.61. The predicted octanol–water partition coefficient (Wildman–Crippen LogP) is 0.392. The van der Waals surface area contributed by atoms with Crippen LogP contribution >= 0.6 is 0 Å². The molecule has 82 valence electrons. The van der Waals surface area contributed by atoms with Gasteiger partial charge in [0, 0.05) is 12.6 Å². The van der Waals surface area contributed by atoms with Crippen LogP contribution in [0.5, 0.6) is 0 Å². The summed E-state index contributed by atoms with van der Waals surface area (Å²) in [6, 6.07) is -0.123. The molecule has 0 aromatic rings. The van der Waals surface area contributed by atoms with Crippen LogP contribution in [0.1, 0.15) is 26.7 Å². The molecule has 1 unspecified atom stereocenters. The Kier molecular flexibility index (Phi) is 6.74. The number of esters is 1. The van der Waals surface area contributed by atoms with E-state index in [4.69, 9.17) is 9.84 Å². The molecule has 0 saturated carbocycles. The minimum absolute atomic E-state index is 0.0584. The molecule has 1 atom stereocenters. The fourth-order valence-electron chi connectivity index (χ4n) is 0.988. The van der Waals surface area contributed by atoms with Gasteiger partial charge in [0.05, 0.1) is 19.4 Å². The minimum atomic E-state index is -0.846. The zero-order valence-corrected chi connectivity index (χ0v) is 8.58. The Morgan fingerprint density at radius 2 is 2.14 bits per heavy atom. The molecule has 2 N–H and O–H groups in total. The maximum absolute atomic E-state index is 10.9. The van der Waals surface area contributed by atoms with Gasteiger partial charge in [-0.25, -0.2) is 0 Å². The Bertz CT molecular complexity index is 193. The third kappa shape index (κ3) is 7.54. The van der Waals surface area contributed by atoms with Crippen molar-refractivity contribution in [1.82, 2.24) is 5.32 Å². The molecule has 5 nitrogen and oxygen atoms in total. The average Bonchev–Trinajstić information content (AvgIpc) is 2.02. The maximum atomic E-state index is 10.9. The van der Waals surface area contributed by atoms with Crippen LogP contribution in [0.25, 0.3) is 0 Å². The van der Waals surface area contributed by atoms with E-state index in [1.54, 1.807) is 13.8 Å². The van der Waals surface area contributed by atoms with Gasteiger partial charge >= 0.3 is 11.9 Å². The molecular formula is C9H17NO4. The summed E-state index contributed by atoms with van der Waals surface area (Å²) in [5.74, 6) is -1.11. The van der Waals surface area contributed by atoms with Crippen LogP contribution in [0.4, 0.5) is 0 Å². The molecule has 0 fully saturated rings. The molecule has 14 heavy (non-hydrogen) atoms. The summed E-state index contributed by atoms with van der Waals surface area (Å²) >= 11 is 0. The van der Waals surface area contributed by atoms with Gasteiger partial charge in [-0.1, -0.05) is 0 Å². The van der Waals surface area contributed by atoms with Crippen molar-refractivity contribution in [2.75, 3.05) is 13.2 Å². The molecule has 0 amide bonds. The number of nitrogens with one attached hydrogen (secondary N) is 1. The van der Waals surface area contributed by atoms with Crippen molar-refractivity contribution in [2.24, 2.45) is 0 Å². The highest BCUT2D eigenvalue weighted by molar-refractivity contribution is 5.69. The summed E-state index contributed by atoms with van der Waals surface area (Å²) in [5.41, 5.74) is 0. The lowest BCUT2D eigenvalue weighted by molar-refractivity contribution is -0.143. The SMILES string of the molecule is CCOC(=O)CCNC(C)CC(=O)O. The van der Waals surface area contributed by atoms with E-state index in [0.717, 1.165) is 0 Å². The van der Waals surface area contributed by atoms with E-state index >= 15 is 0 Å². The van der Waals surface area contributed by atoms with Crippen molar-refractivity contribution < 1.29 is 19.4 Å². The van der Waals surface area contributed by atoms with E-state index in [9.17, 15) is 9.59 Å². The van der Waals surface area contributed by atoms with Crippen LogP contribution in [0.3, 0.4) is 0 Å². The predicted molar refractivity (Wildman–Crippen MR) is 51.0 cm³/mol. The van der Waals surface area contributed by atoms with Crippen LogP contribution < -0.4 is 5.32 Å². The fourth-order valence-corrected chi connectivity index (χ4v) is 0.988. The fraction of sp³-hybridized carbons (Fsp3) is 0.778. The molecule has 0 spiro atoms. The summed E-state index contributed by atoms with van der Waals surface area (Å²) in [4.78, 5) is 21.1. The number of ether oxygens (including phenoxy) is 1. The zero-order valence-electron chi connectivity index (χ0n) is 8.58. The first-order chi connectivity index (χ1) is 6.56. The van der Waals surface area contributed by atoms with Crippen LogP contribution in [-0.2, 0) is 14.3 Å². The van der Waals surface area contributed by atoms with Gasteiger partial charge in [0.25, 0.3) is 0 Å². The second-order valence-electron chi connectivity index (χ2n) is 3.01. The number of hydrogen-bond acceptors (Lipinski definition) is 4. The average molecular weight is 203 g/mol. The van der Waals surface area contributed by atoms with Crippen LogP contribution in [0.2, 0.25) is 0 Å². The Morgan fingerprint density at radius 1 is 1.50 bits per heavy atom. The van der Waals surface area contributed by atoms with Gasteiger partial charge in [0.2, 0.25) is 0 Å². The van der Waals surface area contributed by atoms with Gasteiger partial charge in [-0.3, -0.25) is 9.59 Å². The highest BCUT2D eigenvalue weighted by Crippen LogP contribution is 1.91. The smallest absolute Gasteiger partial charge is 0.307 e. The van der Waals surface area contributed by atoms with Crippen molar-refractivity contribution in [3.63, 3.8) is 0 Å². The van der Waals surface area contributed by atoms with Gasteiger partial charge in [0.15, 0.2) is 0 Å². The van der Waals surface area contributed by atoms with Gasteiger partial charge in [-0.15, -0.1) is 0 Å². The molecule has 0 aromatic heterocycles. The summed E-state index contributed by atoms with van der Waals surface area (Å²) in [7, 11) is 0. The molecule has 0 bridgehead atoms. The number of carboxylic acid groups (broad SMARTS) is 1. The van der Waals surface area contributed by atoms with Crippen molar-refractivity contribution >= 4 is 11.9 Å². The van der Waals surface area contributed by atoms with E-state index < -0.39 is 5.97 Å². The Morgan fingerprint density at radius 3 is 2.64 bits per heavy atom. The lowest BCUT2D eigenvalue weighted by Crippen LogP contribution is -2.30. The number of aliphatic carboxylic acids is 1. The summed E-state index contributed by atoms with van der Waals surface area (Å²) in [6.45, 7) is 4.34. The number of carbonyl (C=O) groups excluding carboxylic acids is 1. The summed E-state index contributed by atoms with van der Waals surface area (Å²) in [6.07, 6.45) is 0.334. The molecule has 0 heterocycles. The van der Waals surface area contributed by atoms with Crippen LogP contribution in [0.15, 0.2) is 0 Å². The van der Waals surface area contributed by atoms with E-state index in [2.05, 4.69) is 5.32 Å². The molecule has 0 saturated heterocycles. The molecule has 0 rings (SSSR count). The Balaban J connectivity index is 3.43. The normalized spacial score (nSPS) is 12.1. The van der Waals surface area contributed by atoms with E-state index in [1.165, 1.54) is 0 Å². The first kappa shape index (κ1) is 12.9. The molecule has 0 aliphatic carbocycles. The lowest BCUT2D eigenvalue weighted by Gasteiger charge is -2.10. The molecule has 0 aliphatic rings. The highest BCUT2D eigenvalue weighted by Gasteiger charge is 2.07. The van der Waals surface area contributed by atoms with Gasteiger partial charge < -0.3 is 15.2 Å². The van der Waals surface area contributed by atoms with Crippen molar-refractivity contribution in [1.29, 1.82) is 0 Å². The van der Waals surface area contributed by atoms with Crippen LogP contribution in [-0.4, -0.2) is 36.2 Å². The van der Waals surface area contributed by atoms with Crippen molar-refractivity contribution in [2.45, 2.75) is 32.7 Å². The largest absolute Gasteiger partial charge is 0.481 e. The third-order valence-corrected chi connectivity index (χ3v) is 1.61. The number of hydrogen-bond donors (Lipinski definition) is 2. The van der Waals surface area contributed by atoms with Gasteiger partial charge in [-0.2, -0.15) is 0 Å². The van der Waals surface area contributed by atoms with Crippen molar-refractivity contribution in [3.05, 3.63) is 0 Å². The first-order valence-corrected chi connectivity index (χ1v) is 4.67. The van der Waals surface area contributed by atoms with Crippen LogP contribution in [0, 0.1) is 0 Å². The second kappa shape index (κ2) is 7.32. The van der Waals surface area contributed by atoms with E-state index in [0.29, 0.717) is 13.2 Å². The molecule has 5 heteroatoms. The molecule has 0 aromatic carbocycles. The summed E-state index contributed by atoms with van der Waals surface area (Å²) in [5, 5.41) is 11.4. The number of rotatable bonds is 7. The standard InChI is InChI=1S/C9H17NO4/c1-3-14-9(13)4-5-10-7(2)6-8(11)12/h7,10H,3-6H2,1-2H3,(H,11,12). The monoisotopic (exact) mass is 203 g/mol. The Labute approximate surface area is 83.4 Å². The number of carboxylic acids is 1. The summed E-state index contributed by atoms with van der Waals surface area (Å²) < 4.78 is 4.71. The van der Waals surface area contributed by atoms with Gasteiger partial charge in [0.1, 0.15) is 0 Å². The highest BCUT2D eigenvalue weighted by atomic mass is 16.5. The maximum Gasteiger partial charge on any atom is 0.307 e. The van der Waals surface area contributed by atoms with E-state index in [1.807, 2.05) is 0 Å².